The smallest absolute Gasteiger partial charge is 0.450 e. The second kappa shape index (κ2) is 8.16. The highest BCUT2D eigenvalue weighted by Gasteiger charge is 2.39. The summed E-state index contributed by atoms with van der Waals surface area (Å²) in [5.74, 6) is -2.24. The molecule has 4 nitrogen and oxygen atoms in total. The molecule has 0 aliphatic carbocycles. The number of halogens is 4. The molecule has 0 aliphatic heterocycles. The predicted molar refractivity (Wildman–Crippen MR) is 114 cm³/mol. The molecular formula is C24H14ClF3O4. The fraction of sp³-hybridized carbons (Fsp3) is 0.0833. The lowest BCUT2D eigenvalue weighted by Gasteiger charge is -2.14. The van der Waals surface area contributed by atoms with Crippen LogP contribution in [0.15, 0.2) is 75.9 Å². The molecule has 0 amide bonds. The summed E-state index contributed by atoms with van der Waals surface area (Å²) in [6.45, 7) is 1.80. The van der Waals surface area contributed by atoms with Crippen molar-refractivity contribution in [2.45, 2.75) is 13.1 Å². The van der Waals surface area contributed by atoms with E-state index in [-0.39, 0.29) is 32.9 Å². The molecule has 8 heteroatoms. The van der Waals surface area contributed by atoms with Crippen LogP contribution >= 0.6 is 11.6 Å². The maximum absolute atomic E-state index is 13.8. The highest BCUT2D eigenvalue weighted by molar-refractivity contribution is 6.33. The molecule has 0 spiro atoms. The van der Waals surface area contributed by atoms with Crippen LogP contribution in [0.5, 0.6) is 5.75 Å². The molecule has 4 rings (SSSR count). The van der Waals surface area contributed by atoms with Gasteiger partial charge >= 0.3 is 12.1 Å². The van der Waals surface area contributed by atoms with E-state index in [2.05, 4.69) is 0 Å². The van der Waals surface area contributed by atoms with Crippen LogP contribution in [0.4, 0.5) is 13.2 Å². The Bertz CT molecular complexity index is 1410. The van der Waals surface area contributed by atoms with Crippen LogP contribution in [0.2, 0.25) is 5.02 Å². The van der Waals surface area contributed by atoms with Gasteiger partial charge in [0.05, 0.1) is 16.5 Å². The SMILES string of the molecule is Cc1cccc(C(=O)Oc2ccc3c(=O)c(-c4ccccc4Cl)c(C(F)(F)F)oc3c2)c1. The van der Waals surface area contributed by atoms with E-state index in [1.54, 1.807) is 31.2 Å². The van der Waals surface area contributed by atoms with E-state index in [0.717, 1.165) is 11.6 Å². The first-order valence-corrected chi connectivity index (χ1v) is 9.75. The lowest BCUT2D eigenvalue weighted by Crippen LogP contribution is -2.16. The van der Waals surface area contributed by atoms with Gasteiger partial charge in [0, 0.05) is 16.7 Å². The Morgan fingerprint density at radius 2 is 1.75 bits per heavy atom. The summed E-state index contributed by atoms with van der Waals surface area (Å²) in [5, 5.41) is -0.128. The van der Waals surface area contributed by atoms with E-state index in [9.17, 15) is 22.8 Å². The lowest BCUT2D eigenvalue weighted by molar-refractivity contribution is -0.152. The Labute approximate surface area is 184 Å². The van der Waals surface area contributed by atoms with Gasteiger partial charge in [0.25, 0.3) is 0 Å². The van der Waals surface area contributed by atoms with Gasteiger partial charge in [0.2, 0.25) is 11.2 Å². The Morgan fingerprint density at radius 1 is 1.00 bits per heavy atom. The van der Waals surface area contributed by atoms with Crippen molar-refractivity contribution in [2.75, 3.05) is 0 Å². The lowest BCUT2D eigenvalue weighted by atomic mass is 10.0. The number of ether oxygens (including phenoxy) is 1. The van der Waals surface area contributed by atoms with Crippen molar-refractivity contribution >= 4 is 28.5 Å². The van der Waals surface area contributed by atoms with Gasteiger partial charge in [-0.25, -0.2) is 4.79 Å². The average molecular weight is 459 g/mol. The summed E-state index contributed by atoms with van der Waals surface area (Å²) in [4.78, 5) is 25.4. The molecule has 0 N–H and O–H groups in total. The summed E-state index contributed by atoms with van der Waals surface area (Å²) >= 11 is 6.05. The number of hydrogen-bond acceptors (Lipinski definition) is 4. The maximum atomic E-state index is 13.8. The Morgan fingerprint density at radius 3 is 2.44 bits per heavy atom. The molecule has 0 bridgehead atoms. The van der Waals surface area contributed by atoms with Crippen molar-refractivity contribution < 1.29 is 27.1 Å². The largest absolute Gasteiger partial charge is 0.450 e. The number of benzene rings is 3. The number of hydrogen-bond donors (Lipinski definition) is 0. The van der Waals surface area contributed by atoms with Crippen LogP contribution in [0, 0.1) is 6.92 Å². The van der Waals surface area contributed by atoms with Crippen molar-refractivity contribution in [3.05, 3.63) is 98.9 Å². The number of fused-ring (bicyclic) bond motifs is 1. The van der Waals surface area contributed by atoms with Gasteiger partial charge in [-0.1, -0.05) is 47.5 Å². The van der Waals surface area contributed by atoms with Gasteiger partial charge in [-0.2, -0.15) is 13.2 Å². The zero-order chi connectivity index (χ0) is 23.0. The minimum absolute atomic E-state index is 0.0200. The van der Waals surface area contributed by atoms with Crippen molar-refractivity contribution in [3.8, 4) is 16.9 Å². The number of aryl methyl sites for hydroxylation is 1. The first-order valence-electron chi connectivity index (χ1n) is 9.37. The molecule has 0 fully saturated rings. The van der Waals surface area contributed by atoms with Gasteiger partial charge in [-0.3, -0.25) is 4.79 Å². The molecule has 32 heavy (non-hydrogen) atoms. The minimum Gasteiger partial charge on any atom is -0.450 e. The molecule has 162 valence electrons. The van der Waals surface area contributed by atoms with E-state index >= 15 is 0 Å². The number of esters is 1. The van der Waals surface area contributed by atoms with Crippen LogP contribution in [0.1, 0.15) is 21.7 Å². The van der Waals surface area contributed by atoms with Crippen LogP contribution in [0.25, 0.3) is 22.1 Å². The normalized spacial score (nSPS) is 11.5. The first kappa shape index (κ1) is 21.6. The van der Waals surface area contributed by atoms with Crippen molar-refractivity contribution in [1.82, 2.24) is 0 Å². The van der Waals surface area contributed by atoms with Crippen LogP contribution in [-0.2, 0) is 6.18 Å². The zero-order valence-electron chi connectivity index (χ0n) is 16.5. The summed E-state index contributed by atoms with van der Waals surface area (Å²) < 4.78 is 51.7. The van der Waals surface area contributed by atoms with E-state index < -0.39 is 28.9 Å². The predicted octanol–water partition coefficient (Wildman–Crippen LogP) is 6.66. The Hall–Kier alpha value is -3.58. The highest BCUT2D eigenvalue weighted by atomic mass is 35.5. The molecule has 1 heterocycles. The summed E-state index contributed by atoms with van der Waals surface area (Å²) in [7, 11) is 0. The molecular weight excluding hydrogens is 445 g/mol. The maximum Gasteiger partial charge on any atom is 0.450 e. The standard InChI is InChI=1S/C24H14ClF3O4/c1-13-5-4-6-14(11-13)23(30)31-15-9-10-17-19(12-15)32-22(24(26,27)28)20(21(17)29)16-7-2-3-8-18(16)25/h2-12H,1H3. The van der Waals surface area contributed by atoms with E-state index in [4.69, 9.17) is 20.8 Å². The molecule has 0 radical (unpaired) electrons. The van der Waals surface area contributed by atoms with Gasteiger partial charge in [-0.05, 0) is 37.3 Å². The van der Waals surface area contributed by atoms with E-state index in [1.807, 2.05) is 0 Å². The summed E-state index contributed by atoms with van der Waals surface area (Å²) in [5.41, 5.74) is -0.925. The van der Waals surface area contributed by atoms with E-state index in [1.165, 1.54) is 36.4 Å². The molecule has 4 aromatic rings. The second-order valence-electron chi connectivity index (χ2n) is 7.03. The molecule has 0 atom stereocenters. The molecule has 0 unspecified atom stereocenters. The second-order valence-corrected chi connectivity index (χ2v) is 7.44. The first-order chi connectivity index (χ1) is 15.1. The third-order valence-corrected chi connectivity index (χ3v) is 5.06. The average Bonchev–Trinajstić information content (AvgIpc) is 2.73. The fourth-order valence-electron chi connectivity index (χ4n) is 3.28. The third kappa shape index (κ3) is 4.11. The number of carbonyl (C=O) groups excluding carboxylic acids is 1. The van der Waals surface area contributed by atoms with Gasteiger partial charge in [0.1, 0.15) is 11.3 Å². The molecule has 0 aliphatic rings. The van der Waals surface area contributed by atoms with Crippen LogP contribution in [0.3, 0.4) is 0 Å². The fourth-order valence-corrected chi connectivity index (χ4v) is 3.51. The number of carbonyl (C=O) groups is 1. The zero-order valence-corrected chi connectivity index (χ0v) is 17.3. The van der Waals surface area contributed by atoms with Crippen molar-refractivity contribution in [1.29, 1.82) is 0 Å². The van der Waals surface area contributed by atoms with E-state index in [0.29, 0.717) is 0 Å². The van der Waals surface area contributed by atoms with Crippen LogP contribution < -0.4 is 10.2 Å². The third-order valence-electron chi connectivity index (χ3n) is 4.73. The Kier molecular flexibility index (Phi) is 5.52. The van der Waals surface area contributed by atoms with Gasteiger partial charge in [-0.15, -0.1) is 0 Å². The number of alkyl halides is 3. The Balaban J connectivity index is 1.84. The highest BCUT2D eigenvalue weighted by Crippen LogP contribution is 2.39. The summed E-state index contributed by atoms with van der Waals surface area (Å²) in [6.07, 6.45) is -4.96. The topological polar surface area (TPSA) is 56.5 Å². The molecule has 0 saturated heterocycles. The van der Waals surface area contributed by atoms with Crippen molar-refractivity contribution in [2.24, 2.45) is 0 Å². The molecule has 3 aromatic carbocycles. The molecule has 0 saturated carbocycles. The minimum atomic E-state index is -4.96. The van der Waals surface area contributed by atoms with Gasteiger partial charge in [0.15, 0.2) is 0 Å². The monoisotopic (exact) mass is 458 g/mol. The molecule has 1 aromatic heterocycles. The van der Waals surface area contributed by atoms with Crippen molar-refractivity contribution in [3.63, 3.8) is 0 Å². The van der Waals surface area contributed by atoms with Crippen LogP contribution in [-0.4, -0.2) is 5.97 Å². The summed E-state index contributed by atoms with van der Waals surface area (Å²) in [6, 6.07) is 16.0. The quantitative estimate of drug-likeness (QED) is 0.254. The van der Waals surface area contributed by atoms with Gasteiger partial charge < -0.3 is 9.15 Å². The number of rotatable bonds is 3.